The number of aromatic nitrogens is 1. The predicted octanol–water partition coefficient (Wildman–Crippen LogP) is 3.86. The number of aromatic amines is 1. The summed E-state index contributed by atoms with van der Waals surface area (Å²) in [6, 6.07) is 18.2. The molecule has 6 rings (SSSR count). The summed E-state index contributed by atoms with van der Waals surface area (Å²) in [6.07, 6.45) is 0.297. The number of hydrogen-bond donors (Lipinski definition) is 3. The number of amides is 4. The van der Waals surface area contributed by atoms with Crippen LogP contribution in [-0.2, 0) is 16.0 Å². The highest BCUT2D eigenvalue weighted by Crippen LogP contribution is 2.45. The van der Waals surface area contributed by atoms with E-state index in [1.54, 1.807) is 24.1 Å². The van der Waals surface area contributed by atoms with E-state index in [4.69, 9.17) is 4.74 Å². The summed E-state index contributed by atoms with van der Waals surface area (Å²) in [7, 11) is 1.57. The number of anilines is 1. The number of carbonyl (C=O) groups excluding carboxylic acids is 3. The molecule has 4 amide bonds. The summed E-state index contributed by atoms with van der Waals surface area (Å²) in [4.78, 5) is 58.7. The fraction of sp³-hybridized carbons (Fsp3) is 0.200. The number of H-pyrrole nitrogens is 1. The lowest BCUT2D eigenvalue weighted by Gasteiger charge is -2.36. The normalized spacial score (nSPS) is 18.9. The number of ether oxygens (including phenoxy) is 1. The quantitative estimate of drug-likeness (QED) is 0.320. The number of urea groups is 1. The first-order valence-corrected chi connectivity index (χ1v) is 12.8. The molecule has 3 N–H and O–H groups in total. The number of carbonyl (C=O) groups is 4. The van der Waals surface area contributed by atoms with Crippen LogP contribution in [0.15, 0.2) is 72.8 Å². The third-order valence-corrected chi connectivity index (χ3v) is 7.57. The summed E-state index contributed by atoms with van der Waals surface area (Å²) in [5.41, 5.74) is 3.57. The van der Waals surface area contributed by atoms with Crippen molar-refractivity contribution in [3.63, 3.8) is 0 Å². The maximum Gasteiger partial charge on any atom is 0.332 e. The van der Waals surface area contributed by atoms with Gasteiger partial charge in [0, 0.05) is 23.0 Å². The number of nitrogens with one attached hydrogen (secondary N) is 2. The lowest BCUT2D eigenvalue weighted by Crippen LogP contribution is -2.44. The number of carboxylic acids is 1. The molecule has 1 aromatic heterocycles. The van der Waals surface area contributed by atoms with Gasteiger partial charge in [-0.2, -0.15) is 0 Å². The summed E-state index contributed by atoms with van der Waals surface area (Å²) < 4.78 is 5.46. The molecule has 1 fully saturated rings. The van der Waals surface area contributed by atoms with Gasteiger partial charge in [-0.15, -0.1) is 0 Å². The van der Waals surface area contributed by atoms with Crippen LogP contribution in [0.25, 0.3) is 10.9 Å². The topological polar surface area (TPSA) is 132 Å². The van der Waals surface area contributed by atoms with Gasteiger partial charge in [0.25, 0.3) is 11.8 Å². The minimum absolute atomic E-state index is 0.0269. The highest BCUT2D eigenvalue weighted by molar-refractivity contribution is 6.24. The van der Waals surface area contributed by atoms with Gasteiger partial charge in [-0.05, 0) is 48.4 Å². The Morgan fingerprint density at radius 1 is 1.05 bits per heavy atom. The molecule has 0 spiro atoms. The monoisotopic (exact) mass is 538 g/mol. The molecule has 202 valence electrons. The molecule has 40 heavy (non-hydrogen) atoms. The lowest BCUT2D eigenvalue weighted by atomic mass is 9.89. The molecule has 0 unspecified atom stereocenters. The molecule has 3 atom stereocenters. The first kappa shape index (κ1) is 25.2. The smallest absolute Gasteiger partial charge is 0.332 e. The van der Waals surface area contributed by atoms with Crippen molar-refractivity contribution in [2.24, 2.45) is 0 Å². The maximum atomic E-state index is 14.2. The van der Waals surface area contributed by atoms with E-state index in [1.165, 1.54) is 19.1 Å². The Morgan fingerprint density at radius 3 is 2.58 bits per heavy atom. The maximum absolute atomic E-state index is 14.2. The molecular weight excluding hydrogens is 512 g/mol. The summed E-state index contributed by atoms with van der Waals surface area (Å²) >= 11 is 0. The largest absolute Gasteiger partial charge is 0.497 e. The van der Waals surface area contributed by atoms with Crippen LogP contribution in [0.2, 0.25) is 0 Å². The van der Waals surface area contributed by atoms with Crippen molar-refractivity contribution < 1.29 is 29.0 Å². The molecule has 10 heteroatoms. The fourth-order valence-electron chi connectivity index (χ4n) is 5.65. The van der Waals surface area contributed by atoms with Crippen LogP contribution < -0.4 is 15.0 Å². The standard InChI is InChI=1S/C30H26N4O6/c1-16(29(37)38)31-27(35)20-11-4-6-13-23(20)34-28(36)24-15-21-19-10-3-5-12-22(19)32-25(21)26(33(24)30(34)39)17-8-7-9-18(14-17)40-2/h3-14,16,24,26,32H,15H2,1-2H3,(H,31,35)(H,37,38)/t16-,24-,26+/m0/s1. The molecule has 0 saturated carbocycles. The van der Waals surface area contributed by atoms with Gasteiger partial charge in [0.15, 0.2) is 0 Å². The minimum Gasteiger partial charge on any atom is -0.497 e. The van der Waals surface area contributed by atoms with E-state index < -0.39 is 41.9 Å². The van der Waals surface area contributed by atoms with Crippen LogP contribution in [0.3, 0.4) is 0 Å². The van der Waals surface area contributed by atoms with E-state index in [0.717, 1.165) is 32.6 Å². The van der Waals surface area contributed by atoms with Gasteiger partial charge in [0.1, 0.15) is 23.9 Å². The Bertz CT molecular complexity index is 1690. The SMILES string of the molecule is COc1cccc([C@@H]2c3[nH]c4ccccc4c3C[C@H]3C(=O)N(c4ccccc4C(=O)N[C@@H](C)C(=O)O)C(=O)N23)c1. The average molecular weight is 539 g/mol. The highest BCUT2D eigenvalue weighted by atomic mass is 16.5. The van der Waals surface area contributed by atoms with Crippen molar-refractivity contribution in [3.05, 3.63) is 95.2 Å². The Balaban J connectivity index is 1.47. The second-order valence-corrected chi connectivity index (χ2v) is 9.88. The number of rotatable bonds is 6. The summed E-state index contributed by atoms with van der Waals surface area (Å²) in [5.74, 6) is -1.75. The molecule has 0 radical (unpaired) electrons. The third kappa shape index (κ3) is 3.87. The van der Waals surface area contributed by atoms with Gasteiger partial charge < -0.3 is 20.1 Å². The third-order valence-electron chi connectivity index (χ3n) is 7.57. The van der Waals surface area contributed by atoms with Crippen LogP contribution in [0, 0.1) is 0 Å². The van der Waals surface area contributed by atoms with Crippen molar-refractivity contribution in [1.82, 2.24) is 15.2 Å². The number of methoxy groups -OCH3 is 1. The van der Waals surface area contributed by atoms with Gasteiger partial charge in [-0.3, -0.25) is 19.3 Å². The van der Waals surface area contributed by atoms with Crippen molar-refractivity contribution in [2.45, 2.75) is 31.5 Å². The van der Waals surface area contributed by atoms with Crippen LogP contribution >= 0.6 is 0 Å². The van der Waals surface area contributed by atoms with Crippen LogP contribution in [-0.4, -0.2) is 58.0 Å². The van der Waals surface area contributed by atoms with Crippen LogP contribution in [0.4, 0.5) is 10.5 Å². The fourth-order valence-corrected chi connectivity index (χ4v) is 5.65. The van der Waals surface area contributed by atoms with Gasteiger partial charge in [0.2, 0.25) is 0 Å². The lowest BCUT2D eigenvalue weighted by molar-refractivity contribution is -0.138. The molecule has 1 saturated heterocycles. The molecule has 3 heterocycles. The molecule has 4 aromatic rings. The first-order chi connectivity index (χ1) is 19.3. The Morgan fingerprint density at radius 2 is 1.80 bits per heavy atom. The van der Waals surface area contributed by atoms with Crippen LogP contribution in [0.5, 0.6) is 5.75 Å². The zero-order valence-corrected chi connectivity index (χ0v) is 21.8. The van der Waals surface area contributed by atoms with Crippen molar-refractivity contribution in [1.29, 1.82) is 0 Å². The molecular formula is C30H26N4O6. The summed E-state index contributed by atoms with van der Waals surface area (Å²) in [6.45, 7) is 1.34. The number of benzene rings is 3. The van der Waals surface area contributed by atoms with E-state index in [-0.39, 0.29) is 11.3 Å². The Hall–Kier alpha value is -5.12. The number of nitrogens with zero attached hydrogens (tertiary/aromatic N) is 2. The number of hydrogen-bond acceptors (Lipinski definition) is 5. The van der Waals surface area contributed by atoms with E-state index in [9.17, 15) is 24.3 Å². The molecule has 2 aliphatic heterocycles. The molecule has 3 aromatic carbocycles. The van der Waals surface area contributed by atoms with Gasteiger partial charge in [-0.25, -0.2) is 9.69 Å². The molecule has 2 aliphatic rings. The Labute approximate surface area is 229 Å². The van der Waals surface area contributed by atoms with E-state index in [0.29, 0.717) is 12.2 Å². The van der Waals surface area contributed by atoms with Gasteiger partial charge in [-0.1, -0.05) is 42.5 Å². The number of para-hydroxylation sites is 2. The number of imide groups is 1. The van der Waals surface area contributed by atoms with Gasteiger partial charge >= 0.3 is 12.0 Å². The average Bonchev–Trinajstić information content (AvgIpc) is 3.45. The second kappa shape index (κ2) is 9.57. The van der Waals surface area contributed by atoms with Crippen molar-refractivity contribution in [3.8, 4) is 5.75 Å². The zero-order valence-electron chi connectivity index (χ0n) is 21.8. The number of carboxylic acid groups (broad SMARTS) is 1. The number of fused-ring (bicyclic) bond motifs is 4. The van der Waals surface area contributed by atoms with Gasteiger partial charge in [0.05, 0.1) is 18.4 Å². The molecule has 0 bridgehead atoms. The Kier molecular flexibility index (Phi) is 6.02. The second-order valence-electron chi connectivity index (χ2n) is 9.88. The zero-order chi connectivity index (χ0) is 28.1. The van der Waals surface area contributed by atoms with Crippen molar-refractivity contribution >= 4 is 40.4 Å². The predicted molar refractivity (Wildman–Crippen MR) is 146 cm³/mol. The number of aliphatic carboxylic acids is 1. The van der Waals surface area contributed by atoms with Crippen molar-refractivity contribution in [2.75, 3.05) is 12.0 Å². The van der Waals surface area contributed by atoms with E-state index >= 15 is 0 Å². The molecule has 0 aliphatic carbocycles. The molecule has 10 nitrogen and oxygen atoms in total. The highest BCUT2D eigenvalue weighted by Gasteiger charge is 2.53. The first-order valence-electron chi connectivity index (χ1n) is 12.8. The van der Waals surface area contributed by atoms with E-state index in [2.05, 4.69) is 10.3 Å². The summed E-state index contributed by atoms with van der Waals surface area (Å²) in [5, 5.41) is 12.6. The van der Waals surface area contributed by atoms with Crippen LogP contribution in [0.1, 0.15) is 40.1 Å². The van der Waals surface area contributed by atoms with E-state index in [1.807, 2.05) is 48.5 Å². The minimum atomic E-state index is -1.20.